The first-order valence-electron chi connectivity index (χ1n) is 6.30. The maximum Gasteiger partial charge on any atom is 0.142 e. The zero-order valence-corrected chi connectivity index (χ0v) is 12.5. The second kappa shape index (κ2) is 5.22. The average Bonchev–Trinajstić information content (AvgIpc) is 2.46. The van der Waals surface area contributed by atoms with Crippen molar-refractivity contribution in [3.63, 3.8) is 0 Å². The number of fused-ring (bicyclic) bond motifs is 1. The zero-order valence-electron chi connectivity index (χ0n) is 10.4. The number of para-hydroxylation sites is 1. The van der Waals surface area contributed by atoms with Crippen LogP contribution in [0.1, 0.15) is 17.2 Å². The third-order valence-corrected chi connectivity index (χ3v) is 4.48. The summed E-state index contributed by atoms with van der Waals surface area (Å²) in [5.74, 6) is 0. The van der Waals surface area contributed by atoms with Gasteiger partial charge in [0.05, 0.1) is 11.8 Å². The third-order valence-electron chi connectivity index (χ3n) is 3.57. The van der Waals surface area contributed by atoms with E-state index in [1.807, 2.05) is 18.2 Å². The first kappa shape index (κ1) is 12.5. The molecule has 1 aliphatic rings. The Morgan fingerprint density at radius 2 is 1.84 bits per heavy atom. The van der Waals surface area contributed by atoms with Gasteiger partial charge in [0, 0.05) is 10.1 Å². The van der Waals surface area contributed by atoms with Crippen molar-refractivity contribution in [2.24, 2.45) is 0 Å². The summed E-state index contributed by atoms with van der Waals surface area (Å²) in [4.78, 5) is 2.21. The molecule has 0 saturated carbocycles. The van der Waals surface area contributed by atoms with Crippen molar-refractivity contribution in [2.75, 3.05) is 11.4 Å². The van der Waals surface area contributed by atoms with E-state index in [1.165, 1.54) is 9.13 Å². The van der Waals surface area contributed by atoms with E-state index in [0.29, 0.717) is 0 Å². The number of halogens is 1. The highest BCUT2D eigenvalue weighted by molar-refractivity contribution is 14.1. The van der Waals surface area contributed by atoms with Gasteiger partial charge >= 0.3 is 0 Å². The number of rotatable bonds is 1. The van der Waals surface area contributed by atoms with Gasteiger partial charge in [-0.25, -0.2) is 0 Å². The van der Waals surface area contributed by atoms with Crippen molar-refractivity contribution in [3.8, 4) is 6.07 Å². The predicted octanol–water partition coefficient (Wildman–Crippen LogP) is 3.92. The number of benzene rings is 2. The lowest BCUT2D eigenvalue weighted by Crippen LogP contribution is -2.35. The van der Waals surface area contributed by atoms with Crippen LogP contribution in [0.3, 0.4) is 0 Å². The first-order valence-corrected chi connectivity index (χ1v) is 7.37. The molecule has 2 nitrogen and oxygen atoms in total. The molecule has 0 bridgehead atoms. The molecule has 0 unspecified atom stereocenters. The summed E-state index contributed by atoms with van der Waals surface area (Å²) in [5.41, 5.74) is 3.61. The molecule has 1 heterocycles. The normalized spacial score (nSPS) is 17.7. The quantitative estimate of drug-likeness (QED) is 0.721. The SMILES string of the molecule is N#C[C@@H]1c2ccccc2CCN1c1ccccc1I. The van der Waals surface area contributed by atoms with Gasteiger partial charge in [-0.2, -0.15) is 5.26 Å². The lowest BCUT2D eigenvalue weighted by atomic mass is 9.93. The van der Waals surface area contributed by atoms with E-state index in [9.17, 15) is 5.26 Å². The van der Waals surface area contributed by atoms with E-state index >= 15 is 0 Å². The molecule has 0 aliphatic carbocycles. The number of nitriles is 1. The lowest BCUT2D eigenvalue weighted by molar-refractivity contribution is 0.675. The lowest BCUT2D eigenvalue weighted by Gasteiger charge is -2.35. The average molecular weight is 360 g/mol. The molecule has 0 N–H and O–H groups in total. The molecule has 3 rings (SSSR count). The smallest absolute Gasteiger partial charge is 0.142 e. The minimum Gasteiger partial charge on any atom is -0.351 e. The van der Waals surface area contributed by atoms with Crippen LogP contribution in [0.5, 0.6) is 0 Å². The Morgan fingerprint density at radius 3 is 2.63 bits per heavy atom. The van der Waals surface area contributed by atoms with Crippen LogP contribution < -0.4 is 4.90 Å². The van der Waals surface area contributed by atoms with Crippen molar-refractivity contribution in [1.29, 1.82) is 5.26 Å². The fourth-order valence-electron chi connectivity index (χ4n) is 2.65. The van der Waals surface area contributed by atoms with Gasteiger partial charge in [-0.15, -0.1) is 0 Å². The zero-order chi connectivity index (χ0) is 13.2. The maximum atomic E-state index is 9.57. The predicted molar refractivity (Wildman–Crippen MR) is 85.0 cm³/mol. The summed E-state index contributed by atoms with van der Waals surface area (Å²) < 4.78 is 1.19. The second-order valence-corrected chi connectivity index (χ2v) is 5.79. The Hall–Kier alpha value is -1.54. The summed E-state index contributed by atoms with van der Waals surface area (Å²) in [6.07, 6.45) is 0.999. The summed E-state index contributed by atoms with van der Waals surface area (Å²) in [7, 11) is 0. The molecule has 0 radical (unpaired) electrons. The Balaban J connectivity index is 2.07. The van der Waals surface area contributed by atoms with E-state index in [-0.39, 0.29) is 6.04 Å². The van der Waals surface area contributed by atoms with Gasteiger partial charge < -0.3 is 4.90 Å². The Morgan fingerprint density at radius 1 is 1.11 bits per heavy atom. The van der Waals surface area contributed by atoms with Crippen molar-refractivity contribution in [2.45, 2.75) is 12.5 Å². The van der Waals surface area contributed by atoms with Crippen LogP contribution >= 0.6 is 22.6 Å². The van der Waals surface area contributed by atoms with Crippen LogP contribution in [0.2, 0.25) is 0 Å². The Kier molecular flexibility index (Phi) is 3.43. The van der Waals surface area contributed by atoms with E-state index in [2.05, 4.69) is 63.9 Å². The van der Waals surface area contributed by atoms with Gasteiger partial charge in [0.25, 0.3) is 0 Å². The van der Waals surface area contributed by atoms with Crippen LogP contribution in [0.25, 0.3) is 0 Å². The van der Waals surface area contributed by atoms with Gasteiger partial charge in [0.1, 0.15) is 6.04 Å². The number of anilines is 1. The minimum atomic E-state index is -0.180. The second-order valence-electron chi connectivity index (χ2n) is 4.63. The van der Waals surface area contributed by atoms with Crippen LogP contribution in [0, 0.1) is 14.9 Å². The number of hydrogen-bond donors (Lipinski definition) is 0. The van der Waals surface area contributed by atoms with Crippen LogP contribution in [0.15, 0.2) is 48.5 Å². The van der Waals surface area contributed by atoms with Gasteiger partial charge in [0.2, 0.25) is 0 Å². The highest BCUT2D eigenvalue weighted by atomic mass is 127. The third kappa shape index (κ3) is 2.21. The molecule has 0 aromatic heterocycles. The summed E-state index contributed by atoms with van der Waals surface area (Å²) in [5, 5.41) is 9.57. The van der Waals surface area contributed by atoms with Crippen LogP contribution in [-0.2, 0) is 6.42 Å². The van der Waals surface area contributed by atoms with Gasteiger partial charge in [-0.3, -0.25) is 0 Å². The molecular weight excluding hydrogens is 347 g/mol. The molecule has 94 valence electrons. The molecule has 0 spiro atoms. The highest BCUT2D eigenvalue weighted by Crippen LogP contribution is 2.35. The molecule has 1 atom stereocenters. The molecule has 0 fully saturated rings. The molecule has 1 aliphatic heterocycles. The maximum absolute atomic E-state index is 9.57. The van der Waals surface area contributed by atoms with E-state index in [0.717, 1.165) is 24.2 Å². The fourth-order valence-corrected chi connectivity index (χ4v) is 3.35. The molecule has 0 saturated heterocycles. The van der Waals surface area contributed by atoms with Crippen molar-refractivity contribution < 1.29 is 0 Å². The topological polar surface area (TPSA) is 27.0 Å². The molecule has 3 heteroatoms. The Bertz CT molecular complexity index is 645. The van der Waals surface area contributed by atoms with Crippen LogP contribution in [0.4, 0.5) is 5.69 Å². The van der Waals surface area contributed by atoms with Gasteiger partial charge in [-0.1, -0.05) is 36.4 Å². The first-order chi connectivity index (χ1) is 9.31. The van der Waals surface area contributed by atoms with Crippen LogP contribution in [-0.4, -0.2) is 6.54 Å². The van der Waals surface area contributed by atoms with Crippen molar-refractivity contribution in [3.05, 3.63) is 63.2 Å². The molecule has 2 aromatic rings. The van der Waals surface area contributed by atoms with Gasteiger partial charge in [0.15, 0.2) is 0 Å². The van der Waals surface area contributed by atoms with Gasteiger partial charge in [-0.05, 0) is 52.3 Å². The van der Waals surface area contributed by atoms with E-state index in [1.54, 1.807) is 0 Å². The summed E-state index contributed by atoms with van der Waals surface area (Å²) in [6, 6.07) is 18.8. The molecule has 2 aromatic carbocycles. The number of nitrogens with zero attached hydrogens (tertiary/aromatic N) is 2. The van der Waals surface area contributed by atoms with Crippen molar-refractivity contribution >= 4 is 28.3 Å². The highest BCUT2D eigenvalue weighted by Gasteiger charge is 2.27. The Labute approximate surface area is 126 Å². The molecular formula is C16H13IN2. The standard InChI is InChI=1S/C16H13IN2/c17-14-7-3-4-8-15(14)19-10-9-12-5-1-2-6-13(12)16(19)11-18/h1-8,16H,9-10H2/t16-/m1/s1. The molecule has 19 heavy (non-hydrogen) atoms. The number of hydrogen-bond acceptors (Lipinski definition) is 2. The largest absolute Gasteiger partial charge is 0.351 e. The summed E-state index contributed by atoms with van der Waals surface area (Å²) >= 11 is 2.34. The summed E-state index contributed by atoms with van der Waals surface area (Å²) in [6.45, 7) is 0.898. The van der Waals surface area contributed by atoms with E-state index < -0.39 is 0 Å². The monoisotopic (exact) mass is 360 g/mol. The fraction of sp³-hybridized carbons (Fsp3) is 0.188. The molecule has 0 amide bonds. The minimum absolute atomic E-state index is 0.180. The van der Waals surface area contributed by atoms with Crippen molar-refractivity contribution in [1.82, 2.24) is 0 Å². The van der Waals surface area contributed by atoms with E-state index in [4.69, 9.17) is 0 Å².